The minimum Gasteiger partial charge on any atom is -0.343 e. The zero-order valence-corrected chi connectivity index (χ0v) is 11.4. The summed E-state index contributed by atoms with van der Waals surface area (Å²) in [5.41, 5.74) is 0. The van der Waals surface area contributed by atoms with Crippen LogP contribution in [-0.2, 0) is 4.79 Å². The highest BCUT2D eigenvalue weighted by molar-refractivity contribution is 5.78. The summed E-state index contributed by atoms with van der Waals surface area (Å²) in [4.78, 5) is 16.1. The SMILES string of the molecule is CCN(CCCN(C)C)C(=O)C(C)CNC. The number of carbonyl (C=O) groups is 1. The van der Waals surface area contributed by atoms with Crippen molar-refractivity contribution in [3.05, 3.63) is 0 Å². The van der Waals surface area contributed by atoms with Crippen molar-refractivity contribution in [3.63, 3.8) is 0 Å². The van der Waals surface area contributed by atoms with Crippen LogP contribution in [0.15, 0.2) is 0 Å². The average molecular weight is 229 g/mol. The first-order chi connectivity index (χ1) is 7.52. The number of nitrogens with zero attached hydrogens (tertiary/aromatic N) is 2. The van der Waals surface area contributed by atoms with Gasteiger partial charge in [-0.15, -0.1) is 0 Å². The third-order valence-corrected chi connectivity index (χ3v) is 2.66. The maximum absolute atomic E-state index is 12.0. The van der Waals surface area contributed by atoms with E-state index in [1.807, 2.05) is 25.8 Å². The largest absolute Gasteiger partial charge is 0.343 e. The van der Waals surface area contributed by atoms with Gasteiger partial charge in [-0.05, 0) is 41.0 Å². The van der Waals surface area contributed by atoms with Crippen LogP contribution in [0.2, 0.25) is 0 Å². The molecule has 0 heterocycles. The Morgan fingerprint density at radius 2 is 1.94 bits per heavy atom. The first kappa shape index (κ1) is 15.4. The zero-order chi connectivity index (χ0) is 12.6. The number of nitrogens with one attached hydrogen (secondary N) is 1. The van der Waals surface area contributed by atoms with E-state index in [4.69, 9.17) is 0 Å². The molecule has 0 aromatic rings. The van der Waals surface area contributed by atoms with Gasteiger partial charge in [0.1, 0.15) is 0 Å². The monoisotopic (exact) mass is 229 g/mol. The van der Waals surface area contributed by atoms with Crippen LogP contribution in [0.1, 0.15) is 20.3 Å². The summed E-state index contributed by atoms with van der Waals surface area (Å²) in [6.07, 6.45) is 1.04. The number of hydrogen-bond acceptors (Lipinski definition) is 3. The van der Waals surface area contributed by atoms with Gasteiger partial charge in [0, 0.05) is 25.6 Å². The Labute approximate surface area is 100.0 Å². The van der Waals surface area contributed by atoms with Crippen molar-refractivity contribution >= 4 is 5.91 Å². The molecule has 0 fully saturated rings. The molecule has 0 rings (SSSR count). The van der Waals surface area contributed by atoms with Gasteiger partial charge >= 0.3 is 0 Å². The minimum absolute atomic E-state index is 0.0734. The highest BCUT2D eigenvalue weighted by Crippen LogP contribution is 2.02. The van der Waals surface area contributed by atoms with E-state index in [2.05, 4.69) is 24.3 Å². The third-order valence-electron chi connectivity index (χ3n) is 2.66. The van der Waals surface area contributed by atoms with Crippen molar-refractivity contribution in [1.29, 1.82) is 0 Å². The Morgan fingerprint density at radius 3 is 2.38 bits per heavy atom. The fraction of sp³-hybridized carbons (Fsp3) is 0.917. The van der Waals surface area contributed by atoms with E-state index in [0.29, 0.717) is 0 Å². The van der Waals surface area contributed by atoms with Gasteiger partial charge in [-0.25, -0.2) is 0 Å². The van der Waals surface area contributed by atoms with Gasteiger partial charge in [0.2, 0.25) is 5.91 Å². The molecule has 16 heavy (non-hydrogen) atoms. The highest BCUT2D eigenvalue weighted by Gasteiger charge is 2.17. The molecule has 0 aromatic carbocycles. The summed E-state index contributed by atoms with van der Waals surface area (Å²) in [6, 6.07) is 0. The van der Waals surface area contributed by atoms with Gasteiger partial charge in [-0.3, -0.25) is 4.79 Å². The fourth-order valence-corrected chi connectivity index (χ4v) is 1.71. The van der Waals surface area contributed by atoms with Crippen LogP contribution >= 0.6 is 0 Å². The maximum atomic E-state index is 12.0. The molecule has 1 unspecified atom stereocenters. The minimum atomic E-state index is 0.0734. The highest BCUT2D eigenvalue weighted by atomic mass is 16.2. The van der Waals surface area contributed by atoms with Crippen molar-refractivity contribution in [1.82, 2.24) is 15.1 Å². The molecule has 96 valence electrons. The summed E-state index contributed by atoms with van der Waals surface area (Å²) in [5.74, 6) is 0.333. The van der Waals surface area contributed by atoms with Crippen molar-refractivity contribution in [2.45, 2.75) is 20.3 Å². The lowest BCUT2D eigenvalue weighted by molar-refractivity contribution is -0.134. The van der Waals surface area contributed by atoms with Crippen molar-refractivity contribution in [2.24, 2.45) is 5.92 Å². The molecule has 0 radical (unpaired) electrons. The molecule has 0 aliphatic rings. The molecule has 0 saturated carbocycles. The molecule has 0 aromatic heterocycles. The van der Waals surface area contributed by atoms with E-state index in [9.17, 15) is 4.79 Å². The summed E-state index contributed by atoms with van der Waals surface area (Å²) in [7, 11) is 6.00. The van der Waals surface area contributed by atoms with Crippen LogP contribution < -0.4 is 5.32 Å². The predicted molar refractivity (Wildman–Crippen MR) is 68.5 cm³/mol. The van der Waals surface area contributed by atoms with E-state index in [1.54, 1.807) is 0 Å². The lowest BCUT2D eigenvalue weighted by Crippen LogP contribution is -2.39. The molecule has 1 amide bonds. The molecular formula is C12H27N3O. The first-order valence-corrected chi connectivity index (χ1v) is 6.11. The summed E-state index contributed by atoms with van der Waals surface area (Å²) in [5, 5.41) is 3.05. The van der Waals surface area contributed by atoms with Crippen molar-refractivity contribution in [3.8, 4) is 0 Å². The van der Waals surface area contributed by atoms with Gasteiger partial charge in [0.15, 0.2) is 0 Å². The third kappa shape index (κ3) is 6.08. The van der Waals surface area contributed by atoms with E-state index >= 15 is 0 Å². The van der Waals surface area contributed by atoms with Gasteiger partial charge in [-0.1, -0.05) is 6.92 Å². The number of carbonyl (C=O) groups excluding carboxylic acids is 1. The molecule has 0 saturated heterocycles. The maximum Gasteiger partial charge on any atom is 0.226 e. The van der Waals surface area contributed by atoms with Crippen LogP contribution in [0.25, 0.3) is 0 Å². The standard InChI is InChI=1S/C12H27N3O/c1-6-15(9-7-8-14(4)5)12(16)11(2)10-13-3/h11,13H,6-10H2,1-5H3. The first-order valence-electron chi connectivity index (χ1n) is 6.11. The normalized spacial score (nSPS) is 12.9. The Balaban J connectivity index is 4.01. The zero-order valence-electron chi connectivity index (χ0n) is 11.4. The molecule has 4 nitrogen and oxygen atoms in total. The van der Waals surface area contributed by atoms with E-state index in [0.717, 1.165) is 32.6 Å². The Hall–Kier alpha value is -0.610. The number of hydrogen-bond donors (Lipinski definition) is 1. The van der Waals surface area contributed by atoms with Gasteiger partial charge in [0.25, 0.3) is 0 Å². The Bertz CT molecular complexity index is 195. The van der Waals surface area contributed by atoms with Gasteiger partial charge in [0.05, 0.1) is 0 Å². The van der Waals surface area contributed by atoms with Crippen LogP contribution in [0, 0.1) is 5.92 Å². The Kier molecular flexibility index (Phi) is 8.21. The molecular weight excluding hydrogens is 202 g/mol. The number of rotatable bonds is 8. The van der Waals surface area contributed by atoms with E-state index < -0.39 is 0 Å². The second kappa shape index (κ2) is 8.53. The molecule has 1 N–H and O–H groups in total. The smallest absolute Gasteiger partial charge is 0.226 e. The fourth-order valence-electron chi connectivity index (χ4n) is 1.71. The Morgan fingerprint density at radius 1 is 1.31 bits per heavy atom. The molecule has 1 atom stereocenters. The van der Waals surface area contributed by atoms with Gasteiger partial charge < -0.3 is 15.1 Å². The summed E-state index contributed by atoms with van der Waals surface area (Å²) in [6.45, 7) is 7.47. The topological polar surface area (TPSA) is 35.6 Å². The molecule has 0 aliphatic carbocycles. The number of amides is 1. The predicted octanol–water partition coefficient (Wildman–Crippen LogP) is 0.642. The van der Waals surface area contributed by atoms with E-state index in [1.165, 1.54) is 0 Å². The van der Waals surface area contributed by atoms with Crippen LogP contribution in [0.3, 0.4) is 0 Å². The molecule has 0 spiro atoms. The van der Waals surface area contributed by atoms with Crippen LogP contribution in [0.5, 0.6) is 0 Å². The molecule has 4 heteroatoms. The molecule has 0 aliphatic heterocycles. The van der Waals surface area contributed by atoms with Crippen molar-refractivity contribution in [2.75, 3.05) is 47.3 Å². The lowest BCUT2D eigenvalue weighted by atomic mass is 10.1. The van der Waals surface area contributed by atoms with Crippen molar-refractivity contribution < 1.29 is 4.79 Å². The second-order valence-electron chi connectivity index (χ2n) is 4.53. The van der Waals surface area contributed by atoms with Gasteiger partial charge in [-0.2, -0.15) is 0 Å². The van der Waals surface area contributed by atoms with Crippen LogP contribution in [0.4, 0.5) is 0 Å². The van der Waals surface area contributed by atoms with Crippen LogP contribution in [-0.4, -0.2) is 63.0 Å². The van der Waals surface area contributed by atoms with E-state index in [-0.39, 0.29) is 11.8 Å². The summed E-state index contributed by atoms with van der Waals surface area (Å²) >= 11 is 0. The lowest BCUT2D eigenvalue weighted by Gasteiger charge is -2.25. The molecule has 0 bridgehead atoms. The summed E-state index contributed by atoms with van der Waals surface area (Å²) < 4.78 is 0. The average Bonchev–Trinajstić information content (AvgIpc) is 2.23. The quantitative estimate of drug-likeness (QED) is 0.663. The second-order valence-corrected chi connectivity index (χ2v) is 4.53.